The van der Waals surface area contributed by atoms with Crippen LogP contribution in [0.15, 0.2) is 12.2 Å². The lowest BCUT2D eigenvalue weighted by Gasteiger charge is -2.34. The molecule has 0 aromatic rings. The minimum absolute atomic E-state index is 0.429. The van der Waals surface area contributed by atoms with Gasteiger partial charge >= 0.3 is 0 Å². The molecular formula is C10H16O3. The first-order chi connectivity index (χ1) is 6.09. The van der Waals surface area contributed by atoms with Crippen LogP contribution in [0.1, 0.15) is 25.7 Å². The van der Waals surface area contributed by atoms with Gasteiger partial charge in [0.1, 0.15) is 0 Å². The number of hydrogen-bond acceptors (Lipinski definition) is 3. The number of aliphatic hydroxyl groups is 3. The molecule has 74 valence electrons. The van der Waals surface area contributed by atoms with Crippen molar-refractivity contribution >= 4 is 0 Å². The van der Waals surface area contributed by atoms with Gasteiger partial charge in [0.2, 0.25) is 0 Å². The monoisotopic (exact) mass is 184 g/mol. The number of aliphatic hydroxyl groups excluding tert-OH is 3. The first-order valence-electron chi connectivity index (χ1n) is 4.81. The Bertz CT molecular complexity index is 238. The van der Waals surface area contributed by atoms with E-state index in [2.05, 4.69) is 6.58 Å². The molecule has 0 radical (unpaired) electrons. The van der Waals surface area contributed by atoms with E-state index in [1.54, 1.807) is 0 Å². The normalized spacial score (nSPS) is 50.7. The average molecular weight is 184 g/mol. The van der Waals surface area contributed by atoms with Gasteiger partial charge in [-0.05, 0) is 31.3 Å². The fraction of sp³-hybridized carbons (Fsp3) is 0.800. The summed E-state index contributed by atoms with van der Waals surface area (Å²) in [7, 11) is 0. The Balaban J connectivity index is 2.34. The van der Waals surface area contributed by atoms with Gasteiger partial charge in [0.25, 0.3) is 0 Å². The summed E-state index contributed by atoms with van der Waals surface area (Å²) >= 11 is 0. The summed E-state index contributed by atoms with van der Waals surface area (Å²) in [6, 6.07) is 0. The Kier molecular flexibility index (Phi) is 1.98. The summed E-state index contributed by atoms with van der Waals surface area (Å²) in [6.45, 7) is 3.72. The number of rotatable bonds is 0. The van der Waals surface area contributed by atoms with Crippen molar-refractivity contribution in [3.63, 3.8) is 0 Å². The van der Waals surface area contributed by atoms with Crippen LogP contribution in [0.25, 0.3) is 0 Å². The summed E-state index contributed by atoms with van der Waals surface area (Å²) in [6.07, 6.45) is 0.779. The highest BCUT2D eigenvalue weighted by Gasteiger charge is 2.57. The van der Waals surface area contributed by atoms with Crippen LogP contribution < -0.4 is 0 Å². The summed E-state index contributed by atoms with van der Waals surface area (Å²) in [4.78, 5) is 0. The molecule has 2 saturated carbocycles. The van der Waals surface area contributed by atoms with E-state index in [4.69, 9.17) is 0 Å². The Morgan fingerprint density at radius 3 is 2.31 bits per heavy atom. The standard InChI is InChI=1S/C10H16O3/c1-6-5-8(12)10(9(6)13)4-2-3-7(10)11/h7-9,11-13H,1-5H2. The molecule has 0 aromatic carbocycles. The largest absolute Gasteiger partial charge is 0.392 e. The maximum absolute atomic E-state index is 9.87. The molecule has 4 unspecified atom stereocenters. The summed E-state index contributed by atoms with van der Waals surface area (Å²) in [5, 5.41) is 29.5. The van der Waals surface area contributed by atoms with Crippen LogP contribution >= 0.6 is 0 Å². The van der Waals surface area contributed by atoms with Gasteiger partial charge in [-0.25, -0.2) is 0 Å². The zero-order valence-electron chi connectivity index (χ0n) is 7.61. The maximum Gasteiger partial charge on any atom is 0.0854 e. The van der Waals surface area contributed by atoms with E-state index >= 15 is 0 Å². The molecule has 2 aliphatic rings. The van der Waals surface area contributed by atoms with Crippen LogP contribution in [0.5, 0.6) is 0 Å². The van der Waals surface area contributed by atoms with Crippen LogP contribution in [-0.2, 0) is 0 Å². The molecule has 2 rings (SSSR count). The van der Waals surface area contributed by atoms with Crippen LogP contribution in [0.3, 0.4) is 0 Å². The lowest BCUT2D eigenvalue weighted by atomic mass is 9.78. The van der Waals surface area contributed by atoms with Crippen molar-refractivity contribution in [1.29, 1.82) is 0 Å². The first-order valence-corrected chi connectivity index (χ1v) is 4.81. The fourth-order valence-electron chi connectivity index (χ4n) is 2.86. The first kappa shape index (κ1) is 9.19. The second-order valence-electron chi connectivity index (χ2n) is 4.30. The lowest BCUT2D eigenvalue weighted by molar-refractivity contribution is -0.0829. The molecule has 13 heavy (non-hydrogen) atoms. The second-order valence-corrected chi connectivity index (χ2v) is 4.30. The van der Waals surface area contributed by atoms with Gasteiger partial charge in [0, 0.05) is 0 Å². The Labute approximate surface area is 77.7 Å². The molecule has 0 aliphatic heterocycles. The minimum atomic E-state index is -0.722. The SMILES string of the molecule is C=C1CC(O)C2(CCCC2O)C1O. The molecule has 3 heteroatoms. The molecule has 1 spiro atoms. The molecule has 2 aliphatic carbocycles. The van der Waals surface area contributed by atoms with Crippen molar-refractivity contribution < 1.29 is 15.3 Å². The van der Waals surface area contributed by atoms with Crippen molar-refractivity contribution in [3.8, 4) is 0 Å². The van der Waals surface area contributed by atoms with Crippen LogP contribution in [-0.4, -0.2) is 33.6 Å². The Hall–Kier alpha value is -0.380. The highest BCUT2D eigenvalue weighted by atomic mass is 16.3. The van der Waals surface area contributed by atoms with E-state index in [0.29, 0.717) is 24.8 Å². The van der Waals surface area contributed by atoms with Crippen molar-refractivity contribution in [1.82, 2.24) is 0 Å². The van der Waals surface area contributed by atoms with Crippen molar-refractivity contribution in [2.45, 2.75) is 44.0 Å². The molecular weight excluding hydrogens is 168 g/mol. The molecule has 3 N–H and O–H groups in total. The average Bonchev–Trinajstić information content (AvgIpc) is 2.54. The van der Waals surface area contributed by atoms with Crippen LogP contribution in [0, 0.1) is 5.41 Å². The Morgan fingerprint density at radius 2 is 1.92 bits per heavy atom. The predicted molar refractivity (Wildman–Crippen MR) is 48.1 cm³/mol. The summed E-state index contributed by atoms with van der Waals surface area (Å²) in [5.74, 6) is 0. The second kappa shape index (κ2) is 2.80. The quantitative estimate of drug-likeness (QED) is 0.471. The highest BCUT2D eigenvalue weighted by molar-refractivity contribution is 5.23. The molecule has 0 saturated heterocycles. The van der Waals surface area contributed by atoms with Gasteiger partial charge in [0.15, 0.2) is 0 Å². The third kappa shape index (κ3) is 1.01. The van der Waals surface area contributed by atoms with Gasteiger partial charge in [-0.15, -0.1) is 0 Å². The van der Waals surface area contributed by atoms with E-state index in [9.17, 15) is 15.3 Å². The number of hydrogen-bond donors (Lipinski definition) is 3. The molecule has 0 aromatic heterocycles. The molecule has 0 amide bonds. The van der Waals surface area contributed by atoms with Gasteiger partial charge < -0.3 is 15.3 Å². The van der Waals surface area contributed by atoms with E-state index in [1.165, 1.54) is 0 Å². The van der Waals surface area contributed by atoms with Gasteiger partial charge in [-0.2, -0.15) is 0 Å². The summed E-state index contributed by atoms with van der Waals surface area (Å²) in [5.41, 5.74) is -0.0367. The van der Waals surface area contributed by atoms with Crippen molar-refractivity contribution in [3.05, 3.63) is 12.2 Å². The topological polar surface area (TPSA) is 60.7 Å². The Morgan fingerprint density at radius 1 is 1.23 bits per heavy atom. The van der Waals surface area contributed by atoms with Gasteiger partial charge in [-0.3, -0.25) is 0 Å². The molecule has 4 atom stereocenters. The highest BCUT2D eigenvalue weighted by Crippen LogP contribution is 2.52. The molecule has 3 nitrogen and oxygen atoms in total. The minimum Gasteiger partial charge on any atom is -0.392 e. The molecule has 0 heterocycles. The van der Waals surface area contributed by atoms with E-state index in [0.717, 1.165) is 6.42 Å². The smallest absolute Gasteiger partial charge is 0.0854 e. The third-order valence-corrected chi connectivity index (χ3v) is 3.68. The summed E-state index contributed by atoms with van der Waals surface area (Å²) < 4.78 is 0. The maximum atomic E-state index is 9.87. The third-order valence-electron chi connectivity index (χ3n) is 3.68. The molecule has 2 fully saturated rings. The van der Waals surface area contributed by atoms with Crippen molar-refractivity contribution in [2.24, 2.45) is 5.41 Å². The van der Waals surface area contributed by atoms with E-state index in [1.807, 2.05) is 0 Å². The van der Waals surface area contributed by atoms with E-state index in [-0.39, 0.29) is 0 Å². The zero-order valence-corrected chi connectivity index (χ0v) is 7.61. The fourth-order valence-corrected chi connectivity index (χ4v) is 2.86. The molecule has 0 bridgehead atoms. The lowest BCUT2D eigenvalue weighted by Crippen LogP contribution is -2.45. The zero-order chi connectivity index (χ0) is 9.64. The van der Waals surface area contributed by atoms with Gasteiger partial charge in [-0.1, -0.05) is 6.58 Å². The van der Waals surface area contributed by atoms with Crippen molar-refractivity contribution in [2.75, 3.05) is 0 Å². The predicted octanol–water partition coefficient (Wildman–Crippen LogP) is 0.199. The van der Waals surface area contributed by atoms with Crippen LogP contribution in [0.4, 0.5) is 0 Å². The van der Waals surface area contributed by atoms with Crippen LogP contribution in [0.2, 0.25) is 0 Å². The van der Waals surface area contributed by atoms with Gasteiger partial charge in [0.05, 0.1) is 23.7 Å². The van der Waals surface area contributed by atoms with E-state index < -0.39 is 23.7 Å².